The SMILES string of the molecule is COc1ccc(C)cc1C(=O)CCC(=O)NCCCCCO. The third kappa shape index (κ3) is 6.26. The monoisotopic (exact) mass is 307 g/mol. The van der Waals surface area contributed by atoms with Gasteiger partial charge in [-0.2, -0.15) is 0 Å². The third-order valence-corrected chi connectivity index (χ3v) is 3.39. The normalized spacial score (nSPS) is 10.3. The zero-order chi connectivity index (χ0) is 16.4. The first-order chi connectivity index (χ1) is 10.6. The summed E-state index contributed by atoms with van der Waals surface area (Å²) in [6, 6.07) is 5.44. The van der Waals surface area contributed by atoms with Crippen LogP contribution < -0.4 is 10.1 Å². The second kappa shape index (κ2) is 9.95. The lowest BCUT2D eigenvalue weighted by Crippen LogP contribution is -2.24. The number of carbonyl (C=O) groups excluding carboxylic acids is 2. The predicted octanol–water partition coefficient (Wildman–Crippen LogP) is 2.25. The molecule has 0 fully saturated rings. The van der Waals surface area contributed by atoms with E-state index in [0.717, 1.165) is 24.8 Å². The minimum atomic E-state index is -0.121. The first-order valence-corrected chi connectivity index (χ1v) is 7.64. The fourth-order valence-electron chi connectivity index (χ4n) is 2.13. The summed E-state index contributed by atoms with van der Waals surface area (Å²) in [6.45, 7) is 2.68. The number of ether oxygens (including phenoxy) is 1. The number of methoxy groups -OCH3 is 1. The van der Waals surface area contributed by atoms with Crippen LogP contribution in [-0.2, 0) is 4.79 Å². The van der Waals surface area contributed by atoms with E-state index in [1.807, 2.05) is 13.0 Å². The van der Waals surface area contributed by atoms with Crippen molar-refractivity contribution < 1.29 is 19.4 Å². The lowest BCUT2D eigenvalue weighted by molar-refractivity contribution is -0.121. The van der Waals surface area contributed by atoms with Crippen LogP contribution >= 0.6 is 0 Å². The highest BCUT2D eigenvalue weighted by atomic mass is 16.5. The van der Waals surface area contributed by atoms with Gasteiger partial charge in [0.1, 0.15) is 5.75 Å². The molecule has 5 heteroatoms. The van der Waals surface area contributed by atoms with Gasteiger partial charge in [-0.3, -0.25) is 9.59 Å². The number of Topliss-reactive ketones (excluding diaryl/α,β-unsaturated/α-hetero) is 1. The molecule has 2 N–H and O–H groups in total. The molecule has 0 bridgehead atoms. The van der Waals surface area contributed by atoms with E-state index < -0.39 is 0 Å². The minimum absolute atomic E-state index is 0.0871. The fourth-order valence-corrected chi connectivity index (χ4v) is 2.13. The van der Waals surface area contributed by atoms with Crippen molar-refractivity contribution in [2.24, 2.45) is 0 Å². The number of amides is 1. The molecule has 0 spiro atoms. The smallest absolute Gasteiger partial charge is 0.220 e. The molecule has 0 aromatic heterocycles. The second-order valence-electron chi connectivity index (χ2n) is 5.26. The number of aliphatic hydroxyl groups is 1. The van der Waals surface area contributed by atoms with E-state index in [-0.39, 0.29) is 31.1 Å². The molecule has 0 atom stereocenters. The molecule has 1 aromatic rings. The first kappa shape index (κ1) is 18.2. The molecule has 0 aliphatic carbocycles. The average Bonchev–Trinajstić information content (AvgIpc) is 2.52. The number of nitrogens with one attached hydrogen (secondary N) is 1. The quantitative estimate of drug-likeness (QED) is 0.513. The summed E-state index contributed by atoms with van der Waals surface area (Å²) < 4.78 is 5.19. The number of aliphatic hydroxyl groups excluding tert-OH is 1. The molecule has 0 aliphatic heterocycles. The Morgan fingerprint density at radius 3 is 2.64 bits per heavy atom. The van der Waals surface area contributed by atoms with Crippen LogP contribution in [0.15, 0.2) is 18.2 Å². The summed E-state index contributed by atoms with van der Waals surface area (Å²) in [5, 5.41) is 11.4. The van der Waals surface area contributed by atoms with Gasteiger partial charge in [0.2, 0.25) is 5.91 Å². The average molecular weight is 307 g/mol. The maximum Gasteiger partial charge on any atom is 0.220 e. The Kier molecular flexibility index (Phi) is 8.22. The molecule has 1 amide bonds. The van der Waals surface area contributed by atoms with Crippen LogP contribution in [0.2, 0.25) is 0 Å². The standard InChI is InChI=1S/C17H25NO4/c1-13-6-8-16(22-2)14(12-13)15(20)7-9-17(21)18-10-4-3-5-11-19/h6,8,12,19H,3-5,7,9-11H2,1-2H3,(H,18,21). The van der Waals surface area contributed by atoms with Crippen LogP contribution in [0.5, 0.6) is 5.75 Å². The minimum Gasteiger partial charge on any atom is -0.496 e. The summed E-state index contributed by atoms with van der Waals surface area (Å²) in [4.78, 5) is 23.9. The van der Waals surface area contributed by atoms with E-state index in [2.05, 4.69) is 5.32 Å². The van der Waals surface area contributed by atoms with Crippen LogP contribution in [0, 0.1) is 6.92 Å². The van der Waals surface area contributed by atoms with Crippen molar-refractivity contribution in [1.29, 1.82) is 0 Å². The molecule has 0 saturated heterocycles. The molecule has 0 unspecified atom stereocenters. The molecule has 122 valence electrons. The topological polar surface area (TPSA) is 75.6 Å². The van der Waals surface area contributed by atoms with Gasteiger partial charge in [0, 0.05) is 26.0 Å². The van der Waals surface area contributed by atoms with Crippen molar-refractivity contribution >= 4 is 11.7 Å². The lowest BCUT2D eigenvalue weighted by Gasteiger charge is -2.09. The van der Waals surface area contributed by atoms with Crippen LogP contribution in [0.1, 0.15) is 48.0 Å². The Balaban J connectivity index is 2.39. The summed E-state index contributed by atoms with van der Waals surface area (Å²) in [5.74, 6) is 0.333. The Morgan fingerprint density at radius 2 is 1.95 bits per heavy atom. The van der Waals surface area contributed by atoms with Gasteiger partial charge in [-0.25, -0.2) is 0 Å². The van der Waals surface area contributed by atoms with Gasteiger partial charge in [0.15, 0.2) is 5.78 Å². The number of ketones is 1. The van der Waals surface area contributed by atoms with Gasteiger partial charge >= 0.3 is 0 Å². The Labute approximate surface area is 131 Å². The number of hydrogen-bond donors (Lipinski definition) is 2. The number of carbonyl (C=O) groups is 2. The number of unbranched alkanes of at least 4 members (excludes halogenated alkanes) is 2. The molecule has 0 aliphatic rings. The second-order valence-corrected chi connectivity index (χ2v) is 5.26. The molecular formula is C17H25NO4. The Hall–Kier alpha value is -1.88. The predicted molar refractivity (Wildman–Crippen MR) is 85.2 cm³/mol. The Bertz CT molecular complexity index is 499. The number of aryl methyl sites for hydroxylation is 1. The lowest BCUT2D eigenvalue weighted by atomic mass is 10.0. The van der Waals surface area contributed by atoms with Crippen molar-refractivity contribution in [3.63, 3.8) is 0 Å². The van der Waals surface area contributed by atoms with Crippen molar-refractivity contribution in [2.75, 3.05) is 20.3 Å². The summed E-state index contributed by atoms with van der Waals surface area (Å²) >= 11 is 0. The third-order valence-electron chi connectivity index (χ3n) is 3.39. The van der Waals surface area contributed by atoms with Gasteiger partial charge < -0.3 is 15.2 Å². The van der Waals surface area contributed by atoms with E-state index in [1.165, 1.54) is 7.11 Å². The van der Waals surface area contributed by atoms with E-state index in [0.29, 0.717) is 17.9 Å². The van der Waals surface area contributed by atoms with E-state index in [1.54, 1.807) is 12.1 Å². The van der Waals surface area contributed by atoms with Gasteiger partial charge in [-0.1, -0.05) is 11.6 Å². The molecule has 5 nitrogen and oxygen atoms in total. The van der Waals surface area contributed by atoms with Crippen LogP contribution in [0.25, 0.3) is 0 Å². The number of benzene rings is 1. The van der Waals surface area contributed by atoms with Gasteiger partial charge in [0.05, 0.1) is 12.7 Å². The van der Waals surface area contributed by atoms with Crippen molar-refractivity contribution in [1.82, 2.24) is 5.32 Å². The number of hydrogen-bond acceptors (Lipinski definition) is 4. The van der Waals surface area contributed by atoms with Crippen LogP contribution in [0.3, 0.4) is 0 Å². The van der Waals surface area contributed by atoms with E-state index in [9.17, 15) is 9.59 Å². The van der Waals surface area contributed by atoms with E-state index >= 15 is 0 Å². The molecule has 1 rings (SSSR count). The van der Waals surface area contributed by atoms with Crippen LogP contribution in [0.4, 0.5) is 0 Å². The zero-order valence-corrected chi connectivity index (χ0v) is 13.4. The highest BCUT2D eigenvalue weighted by Crippen LogP contribution is 2.21. The maximum absolute atomic E-state index is 12.2. The summed E-state index contributed by atoms with van der Waals surface area (Å²) in [6.07, 6.45) is 2.82. The molecule has 0 radical (unpaired) electrons. The molecule has 22 heavy (non-hydrogen) atoms. The molecule has 0 saturated carbocycles. The largest absolute Gasteiger partial charge is 0.496 e. The van der Waals surface area contributed by atoms with Gasteiger partial charge in [0.25, 0.3) is 0 Å². The summed E-state index contributed by atoms with van der Waals surface area (Å²) in [7, 11) is 1.53. The van der Waals surface area contributed by atoms with Crippen LogP contribution in [-0.4, -0.2) is 37.1 Å². The maximum atomic E-state index is 12.2. The highest BCUT2D eigenvalue weighted by molar-refractivity contribution is 6.00. The fraction of sp³-hybridized carbons (Fsp3) is 0.529. The molecule has 0 heterocycles. The first-order valence-electron chi connectivity index (χ1n) is 7.64. The Morgan fingerprint density at radius 1 is 1.18 bits per heavy atom. The molecular weight excluding hydrogens is 282 g/mol. The highest BCUT2D eigenvalue weighted by Gasteiger charge is 2.14. The molecule has 1 aromatic carbocycles. The van der Waals surface area contributed by atoms with Crippen molar-refractivity contribution in [3.05, 3.63) is 29.3 Å². The van der Waals surface area contributed by atoms with Crippen molar-refractivity contribution in [3.8, 4) is 5.75 Å². The van der Waals surface area contributed by atoms with Crippen molar-refractivity contribution in [2.45, 2.75) is 39.0 Å². The van der Waals surface area contributed by atoms with Gasteiger partial charge in [-0.05, 0) is 38.3 Å². The summed E-state index contributed by atoms with van der Waals surface area (Å²) in [5.41, 5.74) is 1.51. The van der Waals surface area contributed by atoms with Gasteiger partial charge in [-0.15, -0.1) is 0 Å². The van der Waals surface area contributed by atoms with E-state index in [4.69, 9.17) is 9.84 Å². The zero-order valence-electron chi connectivity index (χ0n) is 13.4. The number of rotatable bonds is 10.